The van der Waals surface area contributed by atoms with E-state index in [1.807, 2.05) is 12.1 Å². The predicted octanol–water partition coefficient (Wildman–Crippen LogP) is 4.85. The molecule has 0 aromatic heterocycles. The predicted molar refractivity (Wildman–Crippen MR) is 142 cm³/mol. The van der Waals surface area contributed by atoms with E-state index in [0.29, 0.717) is 16.7 Å². The van der Waals surface area contributed by atoms with Gasteiger partial charge >= 0.3 is 23.9 Å². The number of hydrogen-bond donors (Lipinski definition) is 0. The topological polar surface area (TPSA) is 105 Å². The van der Waals surface area contributed by atoms with Crippen molar-refractivity contribution >= 4 is 23.9 Å². The first-order valence-corrected chi connectivity index (χ1v) is 12.3. The maximum atomic E-state index is 13.5. The van der Waals surface area contributed by atoms with E-state index in [1.165, 1.54) is 6.92 Å². The molecule has 0 heterocycles. The van der Waals surface area contributed by atoms with E-state index < -0.39 is 42.3 Å². The smallest absolute Gasteiger partial charge is 0.352 e. The minimum atomic E-state index is -2.34. The molecule has 0 aliphatic carbocycles. The number of esters is 4. The molecule has 202 valence electrons. The van der Waals surface area contributed by atoms with Crippen LogP contribution in [0, 0.1) is 0 Å². The Balaban J connectivity index is 1.84. The second kappa shape index (κ2) is 14.3. The molecule has 0 radical (unpaired) electrons. The highest BCUT2D eigenvalue weighted by molar-refractivity contribution is 5.95. The summed E-state index contributed by atoms with van der Waals surface area (Å²) in [7, 11) is 0. The van der Waals surface area contributed by atoms with Gasteiger partial charge in [-0.25, -0.2) is 9.59 Å². The first-order valence-electron chi connectivity index (χ1n) is 12.3. The van der Waals surface area contributed by atoms with Crippen LogP contribution < -0.4 is 0 Å². The average Bonchev–Trinajstić information content (AvgIpc) is 2.95. The lowest BCUT2D eigenvalue weighted by atomic mass is 9.94. The van der Waals surface area contributed by atoms with Crippen molar-refractivity contribution in [3.8, 4) is 0 Å². The van der Waals surface area contributed by atoms with Crippen LogP contribution >= 0.6 is 0 Å². The lowest BCUT2D eigenvalue weighted by Gasteiger charge is -2.30. The van der Waals surface area contributed by atoms with E-state index in [4.69, 9.17) is 18.9 Å². The molecule has 0 unspecified atom stereocenters. The van der Waals surface area contributed by atoms with Crippen molar-refractivity contribution < 1.29 is 38.1 Å². The lowest BCUT2D eigenvalue weighted by Crippen LogP contribution is -2.48. The van der Waals surface area contributed by atoms with Crippen LogP contribution in [0.15, 0.2) is 103 Å². The number of carbonyl (C=O) groups excluding carboxylic acids is 4. The minimum Gasteiger partial charge on any atom is -0.461 e. The van der Waals surface area contributed by atoms with Crippen LogP contribution in [0.4, 0.5) is 0 Å². The molecule has 0 N–H and O–H groups in total. The fraction of sp³-hybridized carbons (Fsp3) is 0.226. The Kier molecular flexibility index (Phi) is 10.6. The van der Waals surface area contributed by atoms with Gasteiger partial charge in [-0.3, -0.25) is 9.59 Å². The fourth-order valence-corrected chi connectivity index (χ4v) is 3.48. The summed E-state index contributed by atoms with van der Waals surface area (Å²) in [5, 5.41) is 0. The summed E-state index contributed by atoms with van der Waals surface area (Å²) in [5.41, 5.74) is -0.296. The third-order valence-corrected chi connectivity index (χ3v) is 5.57. The van der Waals surface area contributed by atoms with Crippen LogP contribution in [0.5, 0.6) is 0 Å². The Hall–Kier alpha value is -4.72. The van der Waals surface area contributed by atoms with E-state index in [-0.39, 0.29) is 25.4 Å². The van der Waals surface area contributed by atoms with E-state index in [1.54, 1.807) is 78.9 Å². The molecule has 0 saturated carbocycles. The van der Waals surface area contributed by atoms with E-state index in [2.05, 4.69) is 6.58 Å². The molecule has 39 heavy (non-hydrogen) atoms. The standard InChI is InChI=1S/C31H30O8/c1-23(2)29(34)39-31(30(35)38-22-26-16-10-5-11-17-26,18-27(32)36-20-24-12-6-3-7-13-24)19-28(33)37-21-25-14-8-4-9-15-25/h3-17H,1,18-22H2,2H3. The minimum absolute atomic E-state index is 0.0365. The highest BCUT2D eigenvalue weighted by Gasteiger charge is 2.49. The summed E-state index contributed by atoms with van der Waals surface area (Å²) >= 11 is 0. The molecule has 8 nitrogen and oxygen atoms in total. The summed E-state index contributed by atoms with van der Waals surface area (Å²) < 4.78 is 21.6. The first-order chi connectivity index (χ1) is 18.8. The van der Waals surface area contributed by atoms with Crippen molar-refractivity contribution in [3.63, 3.8) is 0 Å². The van der Waals surface area contributed by atoms with Gasteiger partial charge in [-0.15, -0.1) is 0 Å². The number of rotatable bonds is 13. The summed E-state index contributed by atoms with van der Waals surface area (Å²) in [6.07, 6.45) is -1.54. The van der Waals surface area contributed by atoms with Gasteiger partial charge in [-0.1, -0.05) is 97.6 Å². The third-order valence-electron chi connectivity index (χ3n) is 5.57. The van der Waals surface area contributed by atoms with Crippen molar-refractivity contribution in [1.82, 2.24) is 0 Å². The zero-order valence-electron chi connectivity index (χ0n) is 21.7. The Bertz CT molecular complexity index is 1210. The molecule has 0 spiro atoms. The zero-order valence-corrected chi connectivity index (χ0v) is 21.7. The molecular weight excluding hydrogens is 500 g/mol. The van der Waals surface area contributed by atoms with E-state index >= 15 is 0 Å². The highest BCUT2D eigenvalue weighted by Crippen LogP contribution is 2.27. The summed E-state index contributed by atoms with van der Waals surface area (Å²) in [4.78, 5) is 52.0. The quantitative estimate of drug-likeness (QED) is 0.175. The number of hydrogen-bond acceptors (Lipinski definition) is 8. The highest BCUT2D eigenvalue weighted by atomic mass is 16.6. The second-order valence-electron chi connectivity index (χ2n) is 8.87. The molecule has 3 aromatic rings. The maximum Gasteiger partial charge on any atom is 0.352 e. The molecule has 3 aromatic carbocycles. The van der Waals surface area contributed by atoms with Crippen molar-refractivity contribution in [2.24, 2.45) is 0 Å². The molecule has 8 heteroatoms. The van der Waals surface area contributed by atoms with Crippen LogP contribution in [-0.2, 0) is 57.9 Å². The van der Waals surface area contributed by atoms with Crippen molar-refractivity contribution in [3.05, 3.63) is 120 Å². The molecule has 3 rings (SSSR count). The van der Waals surface area contributed by atoms with E-state index in [9.17, 15) is 19.2 Å². The van der Waals surface area contributed by atoms with Gasteiger partial charge < -0.3 is 18.9 Å². The lowest BCUT2D eigenvalue weighted by molar-refractivity contribution is -0.190. The maximum absolute atomic E-state index is 13.5. The SMILES string of the molecule is C=C(C)C(=O)OC(CC(=O)OCc1ccccc1)(CC(=O)OCc1ccccc1)C(=O)OCc1ccccc1. The fourth-order valence-electron chi connectivity index (χ4n) is 3.48. The Labute approximate surface area is 227 Å². The van der Waals surface area contributed by atoms with Crippen LogP contribution in [0.3, 0.4) is 0 Å². The van der Waals surface area contributed by atoms with Gasteiger partial charge in [0.15, 0.2) is 0 Å². The van der Waals surface area contributed by atoms with Crippen molar-refractivity contribution in [2.75, 3.05) is 0 Å². The largest absolute Gasteiger partial charge is 0.461 e. The Morgan fingerprint density at radius 1 is 0.615 bits per heavy atom. The molecule has 0 amide bonds. The van der Waals surface area contributed by atoms with Gasteiger partial charge in [0.2, 0.25) is 5.60 Å². The Morgan fingerprint density at radius 3 is 1.33 bits per heavy atom. The van der Waals surface area contributed by atoms with Crippen LogP contribution in [0.1, 0.15) is 36.5 Å². The normalized spacial score (nSPS) is 10.7. The number of ether oxygens (including phenoxy) is 4. The van der Waals surface area contributed by atoms with Crippen LogP contribution in [0.2, 0.25) is 0 Å². The first kappa shape index (κ1) is 28.8. The van der Waals surface area contributed by atoms with Gasteiger partial charge in [0, 0.05) is 5.57 Å². The molecule has 0 bridgehead atoms. The molecule has 0 fully saturated rings. The van der Waals surface area contributed by atoms with Gasteiger partial charge in [0.05, 0.1) is 12.8 Å². The van der Waals surface area contributed by atoms with Crippen LogP contribution in [0.25, 0.3) is 0 Å². The number of carbonyl (C=O) groups is 4. The third kappa shape index (κ3) is 9.27. The molecular formula is C31H30O8. The summed E-state index contributed by atoms with van der Waals surface area (Å²) in [6.45, 7) is 4.58. The Morgan fingerprint density at radius 2 is 0.974 bits per heavy atom. The zero-order chi connectivity index (χ0) is 28.1. The summed E-state index contributed by atoms with van der Waals surface area (Å²) in [5.74, 6) is -3.81. The van der Waals surface area contributed by atoms with Gasteiger partial charge in [0.1, 0.15) is 19.8 Å². The van der Waals surface area contributed by atoms with Gasteiger partial charge in [-0.05, 0) is 23.6 Å². The van der Waals surface area contributed by atoms with Gasteiger partial charge in [-0.2, -0.15) is 0 Å². The number of benzene rings is 3. The second-order valence-corrected chi connectivity index (χ2v) is 8.87. The molecule has 0 atom stereocenters. The molecule has 0 saturated heterocycles. The van der Waals surface area contributed by atoms with Gasteiger partial charge in [0.25, 0.3) is 0 Å². The van der Waals surface area contributed by atoms with Crippen molar-refractivity contribution in [1.29, 1.82) is 0 Å². The average molecular weight is 531 g/mol. The molecule has 0 aliphatic heterocycles. The summed E-state index contributed by atoms with van der Waals surface area (Å²) in [6, 6.07) is 26.6. The van der Waals surface area contributed by atoms with Crippen LogP contribution in [-0.4, -0.2) is 29.5 Å². The van der Waals surface area contributed by atoms with Crippen molar-refractivity contribution in [2.45, 2.75) is 45.2 Å². The monoisotopic (exact) mass is 530 g/mol. The van der Waals surface area contributed by atoms with E-state index in [0.717, 1.165) is 0 Å². The molecule has 0 aliphatic rings.